The molecule has 1 amide bonds. The Bertz CT molecular complexity index is 830. The van der Waals surface area contributed by atoms with Crippen LogP contribution in [-0.2, 0) is 0 Å². The van der Waals surface area contributed by atoms with Crippen LogP contribution in [0.5, 0.6) is 17.2 Å². The molecule has 0 atom stereocenters. The number of fused-ring (bicyclic) bond motifs is 1. The first-order chi connectivity index (χ1) is 12.1. The van der Waals surface area contributed by atoms with Crippen molar-refractivity contribution in [2.24, 2.45) is 0 Å². The molecule has 5 nitrogen and oxygen atoms in total. The molecule has 0 saturated heterocycles. The number of hydrogen-bond acceptors (Lipinski definition) is 4. The standard InChI is InChI=1S/C19H18BrNO4/c1-23-15-6-4-12(10-14(15)20)18(22)21-13-5-7-16-17(11-13)25-19(24-16)8-2-3-9-19/h4-7,10-11H,2-3,8-9H2,1H3,(H,21,22). The Hall–Kier alpha value is -2.21. The number of nitrogens with one attached hydrogen (secondary N) is 1. The molecule has 0 radical (unpaired) electrons. The van der Waals surface area contributed by atoms with Crippen molar-refractivity contribution in [3.8, 4) is 17.2 Å². The van der Waals surface area contributed by atoms with Gasteiger partial charge in [-0.2, -0.15) is 0 Å². The summed E-state index contributed by atoms with van der Waals surface area (Å²) in [6, 6.07) is 10.7. The van der Waals surface area contributed by atoms with Crippen LogP contribution in [0.4, 0.5) is 5.69 Å². The van der Waals surface area contributed by atoms with Gasteiger partial charge in [0.15, 0.2) is 11.5 Å². The van der Waals surface area contributed by atoms with Crippen molar-refractivity contribution < 1.29 is 19.0 Å². The lowest BCUT2D eigenvalue weighted by Crippen LogP contribution is -2.34. The quantitative estimate of drug-likeness (QED) is 0.802. The molecule has 25 heavy (non-hydrogen) atoms. The SMILES string of the molecule is COc1ccc(C(=O)Nc2ccc3c(c2)OC2(CCCC2)O3)cc1Br. The highest BCUT2D eigenvalue weighted by molar-refractivity contribution is 9.10. The third-order valence-corrected chi connectivity index (χ3v) is 5.19. The highest BCUT2D eigenvalue weighted by Gasteiger charge is 2.44. The fourth-order valence-corrected chi connectivity index (χ4v) is 3.84. The zero-order valence-corrected chi connectivity index (χ0v) is 15.4. The largest absolute Gasteiger partial charge is 0.496 e. The van der Waals surface area contributed by atoms with Crippen molar-refractivity contribution in [3.63, 3.8) is 0 Å². The molecule has 0 aromatic heterocycles. The Morgan fingerprint density at radius 1 is 1.12 bits per heavy atom. The van der Waals surface area contributed by atoms with E-state index >= 15 is 0 Å². The van der Waals surface area contributed by atoms with E-state index < -0.39 is 5.79 Å². The summed E-state index contributed by atoms with van der Waals surface area (Å²) >= 11 is 3.39. The molecule has 130 valence electrons. The fourth-order valence-electron chi connectivity index (χ4n) is 3.30. The van der Waals surface area contributed by atoms with E-state index in [0.29, 0.717) is 22.7 Å². The molecular weight excluding hydrogens is 386 g/mol. The Balaban J connectivity index is 1.51. The third-order valence-electron chi connectivity index (χ3n) is 4.57. The van der Waals surface area contributed by atoms with Gasteiger partial charge in [0, 0.05) is 30.2 Å². The number of benzene rings is 2. The lowest BCUT2D eigenvalue weighted by Gasteiger charge is -2.21. The van der Waals surface area contributed by atoms with Gasteiger partial charge in [0.2, 0.25) is 0 Å². The zero-order valence-electron chi connectivity index (χ0n) is 13.8. The highest BCUT2D eigenvalue weighted by atomic mass is 79.9. The van der Waals surface area contributed by atoms with Gasteiger partial charge in [-0.3, -0.25) is 4.79 Å². The molecule has 1 saturated carbocycles. The monoisotopic (exact) mass is 403 g/mol. The number of anilines is 1. The van der Waals surface area contributed by atoms with E-state index in [4.69, 9.17) is 14.2 Å². The summed E-state index contributed by atoms with van der Waals surface area (Å²) in [4.78, 5) is 12.5. The number of carbonyl (C=O) groups is 1. The first-order valence-corrected chi connectivity index (χ1v) is 9.05. The predicted octanol–water partition coefficient (Wildman–Crippen LogP) is 4.75. The van der Waals surface area contributed by atoms with E-state index in [0.717, 1.165) is 35.9 Å². The van der Waals surface area contributed by atoms with Crippen LogP contribution in [0.3, 0.4) is 0 Å². The second kappa shape index (κ2) is 6.26. The fraction of sp³-hybridized carbons (Fsp3) is 0.316. The first kappa shape index (κ1) is 16.3. The molecule has 0 bridgehead atoms. The number of methoxy groups -OCH3 is 1. The predicted molar refractivity (Wildman–Crippen MR) is 97.5 cm³/mol. The number of hydrogen-bond donors (Lipinski definition) is 1. The second-order valence-electron chi connectivity index (χ2n) is 6.29. The van der Waals surface area contributed by atoms with Gasteiger partial charge in [0.25, 0.3) is 11.7 Å². The van der Waals surface area contributed by atoms with Crippen molar-refractivity contribution in [2.75, 3.05) is 12.4 Å². The molecule has 2 aromatic rings. The van der Waals surface area contributed by atoms with Crippen LogP contribution < -0.4 is 19.5 Å². The Morgan fingerprint density at radius 3 is 2.60 bits per heavy atom. The van der Waals surface area contributed by atoms with Crippen LogP contribution in [0.25, 0.3) is 0 Å². The van der Waals surface area contributed by atoms with Crippen LogP contribution in [0, 0.1) is 0 Å². The van der Waals surface area contributed by atoms with E-state index in [2.05, 4.69) is 21.2 Å². The van der Waals surface area contributed by atoms with Gasteiger partial charge in [-0.05, 0) is 59.1 Å². The average Bonchev–Trinajstić information content (AvgIpc) is 3.20. The van der Waals surface area contributed by atoms with E-state index in [1.807, 2.05) is 18.2 Å². The highest BCUT2D eigenvalue weighted by Crippen LogP contribution is 2.47. The molecule has 1 spiro atoms. The van der Waals surface area contributed by atoms with E-state index in [1.165, 1.54) is 0 Å². The summed E-state index contributed by atoms with van der Waals surface area (Å²) in [5.41, 5.74) is 1.21. The van der Waals surface area contributed by atoms with Crippen molar-refractivity contribution in [3.05, 3.63) is 46.4 Å². The molecule has 2 aromatic carbocycles. The second-order valence-corrected chi connectivity index (χ2v) is 7.14. The zero-order chi connectivity index (χ0) is 17.4. The van der Waals surface area contributed by atoms with Gasteiger partial charge in [-0.1, -0.05) is 0 Å². The minimum Gasteiger partial charge on any atom is -0.496 e. The average molecular weight is 404 g/mol. The van der Waals surface area contributed by atoms with Crippen LogP contribution in [0.15, 0.2) is 40.9 Å². The Kier molecular flexibility index (Phi) is 4.07. The molecule has 1 fully saturated rings. The molecule has 1 aliphatic heterocycles. The van der Waals surface area contributed by atoms with Crippen LogP contribution in [0.1, 0.15) is 36.0 Å². The van der Waals surface area contributed by atoms with E-state index in [9.17, 15) is 4.79 Å². The minimum atomic E-state index is -0.494. The van der Waals surface area contributed by atoms with Crippen molar-refractivity contribution in [2.45, 2.75) is 31.5 Å². The van der Waals surface area contributed by atoms with Crippen LogP contribution in [-0.4, -0.2) is 18.8 Å². The van der Waals surface area contributed by atoms with Gasteiger partial charge < -0.3 is 19.5 Å². The Labute approximate surface area is 154 Å². The maximum Gasteiger partial charge on any atom is 0.255 e. The number of carbonyl (C=O) groups excluding carboxylic acids is 1. The summed E-state index contributed by atoms with van der Waals surface area (Å²) in [6.45, 7) is 0. The third kappa shape index (κ3) is 3.06. The first-order valence-electron chi connectivity index (χ1n) is 8.26. The van der Waals surface area contributed by atoms with Crippen molar-refractivity contribution >= 4 is 27.5 Å². The smallest absolute Gasteiger partial charge is 0.255 e. The molecular formula is C19H18BrNO4. The molecule has 4 rings (SSSR count). The molecule has 1 aliphatic carbocycles. The van der Waals surface area contributed by atoms with Crippen molar-refractivity contribution in [1.29, 1.82) is 0 Å². The number of amides is 1. The number of rotatable bonds is 3. The minimum absolute atomic E-state index is 0.196. The van der Waals surface area contributed by atoms with Gasteiger partial charge in [-0.25, -0.2) is 0 Å². The van der Waals surface area contributed by atoms with Crippen molar-refractivity contribution in [1.82, 2.24) is 0 Å². The van der Waals surface area contributed by atoms with Gasteiger partial charge in [0.05, 0.1) is 11.6 Å². The topological polar surface area (TPSA) is 56.8 Å². The van der Waals surface area contributed by atoms with Gasteiger partial charge >= 0.3 is 0 Å². The lowest BCUT2D eigenvalue weighted by molar-refractivity contribution is -0.0716. The van der Waals surface area contributed by atoms with Gasteiger partial charge in [0.1, 0.15) is 5.75 Å². The molecule has 2 aliphatic rings. The molecule has 0 unspecified atom stereocenters. The number of halogens is 1. The summed E-state index contributed by atoms with van der Waals surface area (Å²) in [6.07, 6.45) is 4.04. The summed E-state index contributed by atoms with van der Waals surface area (Å²) in [5.74, 6) is 1.42. The Morgan fingerprint density at radius 2 is 1.88 bits per heavy atom. The van der Waals surface area contributed by atoms with Crippen LogP contribution in [0.2, 0.25) is 0 Å². The van der Waals surface area contributed by atoms with E-state index in [1.54, 1.807) is 25.3 Å². The summed E-state index contributed by atoms with van der Waals surface area (Å²) in [7, 11) is 1.59. The maximum atomic E-state index is 12.5. The molecule has 1 N–H and O–H groups in total. The summed E-state index contributed by atoms with van der Waals surface area (Å²) in [5, 5.41) is 2.90. The van der Waals surface area contributed by atoms with Crippen LogP contribution >= 0.6 is 15.9 Å². The van der Waals surface area contributed by atoms with E-state index in [-0.39, 0.29) is 5.91 Å². The normalized spacial score (nSPS) is 16.9. The maximum absolute atomic E-state index is 12.5. The van der Waals surface area contributed by atoms with Gasteiger partial charge in [-0.15, -0.1) is 0 Å². The molecule has 1 heterocycles. The number of ether oxygens (including phenoxy) is 3. The molecule has 6 heteroatoms. The lowest BCUT2D eigenvalue weighted by atomic mass is 10.2. The summed E-state index contributed by atoms with van der Waals surface area (Å²) < 4.78 is 17.9.